The lowest BCUT2D eigenvalue weighted by Crippen LogP contribution is -2.60. The van der Waals surface area contributed by atoms with Gasteiger partial charge in [-0.2, -0.15) is 0 Å². The molecule has 0 radical (unpaired) electrons. The van der Waals surface area contributed by atoms with Crippen molar-refractivity contribution in [2.45, 2.75) is 50.6 Å². The average Bonchev–Trinajstić information content (AvgIpc) is 2.32. The summed E-state index contributed by atoms with van der Waals surface area (Å²) < 4.78 is 5.12. The summed E-state index contributed by atoms with van der Waals surface area (Å²) in [5, 5.41) is 38.2. The first-order valence-electron chi connectivity index (χ1n) is 6.06. The molecule has 1 rings (SSSR count). The van der Waals surface area contributed by atoms with Crippen molar-refractivity contribution in [2.24, 2.45) is 0 Å². The van der Waals surface area contributed by atoms with E-state index in [-0.39, 0.29) is 18.4 Å². The van der Waals surface area contributed by atoms with E-state index in [9.17, 15) is 20.4 Å². The molecular weight excluding hydrogens is 297 g/mol. The summed E-state index contributed by atoms with van der Waals surface area (Å²) in [4.78, 5) is 1.97. The minimum absolute atomic E-state index is 0. The highest BCUT2D eigenvalue weighted by Gasteiger charge is 2.43. The van der Waals surface area contributed by atoms with Gasteiger partial charge in [-0.05, 0) is 13.8 Å². The standard InChI is InChI=1S/C11H22ClNO5.ClH/c1-6(2)13(4-3-12)5-7-8(14)9(15)10(16)11(17)18-7;/h6-11,14-17H,3-5H2,1-2H3;1H/t7-,8-,9+,10-,11?;/m1./s1. The molecule has 1 aliphatic rings. The largest absolute Gasteiger partial charge is 0.388 e. The van der Waals surface area contributed by atoms with Crippen LogP contribution in [0.25, 0.3) is 0 Å². The summed E-state index contributed by atoms with van der Waals surface area (Å²) in [6, 6.07) is 0.195. The Balaban J connectivity index is 0.00000324. The van der Waals surface area contributed by atoms with Gasteiger partial charge in [0.2, 0.25) is 0 Å². The molecule has 19 heavy (non-hydrogen) atoms. The maximum Gasteiger partial charge on any atom is 0.184 e. The van der Waals surface area contributed by atoms with Crippen LogP contribution in [0.2, 0.25) is 0 Å². The van der Waals surface area contributed by atoms with Crippen molar-refractivity contribution < 1.29 is 25.2 Å². The molecule has 1 heterocycles. The van der Waals surface area contributed by atoms with Crippen molar-refractivity contribution in [1.29, 1.82) is 0 Å². The smallest absolute Gasteiger partial charge is 0.184 e. The predicted molar refractivity (Wildman–Crippen MR) is 73.6 cm³/mol. The molecule has 0 aromatic rings. The highest BCUT2D eigenvalue weighted by molar-refractivity contribution is 6.18. The fraction of sp³-hybridized carbons (Fsp3) is 1.00. The van der Waals surface area contributed by atoms with Gasteiger partial charge in [-0.25, -0.2) is 0 Å². The molecule has 0 aromatic heterocycles. The summed E-state index contributed by atoms with van der Waals surface area (Å²) >= 11 is 5.69. The van der Waals surface area contributed by atoms with Crippen molar-refractivity contribution in [3.63, 3.8) is 0 Å². The maximum absolute atomic E-state index is 9.82. The number of hydrogen-bond acceptors (Lipinski definition) is 6. The van der Waals surface area contributed by atoms with Crippen molar-refractivity contribution in [1.82, 2.24) is 4.90 Å². The molecule has 1 aliphatic heterocycles. The number of rotatable bonds is 5. The zero-order valence-electron chi connectivity index (χ0n) is 11.0. The Bertz CT molecular complexity index is 259. The predicted octanol–water partition coefficient (Wildman–Crippen LogP) is -0.843. The van der Waals surface area contributed by atoms with Crippen molar-refractivity contribution in [2.75, 3.05) is 19.0 Å². The quantitative estimate of drug-likeness (QED) is 0.494. The van der Waals surface area contributed by atoms with E-state index in [1.54, 1.807) is 0 Å². The van der Waals surface area contributed by atoms with Gasteiger partial charge in [0, 0.05) is 25.0 Å². The van der Waals surface area contributed by atoms with Crippen LogP contribution >= 0.6 is 24.0 Å². The van der Waals surface area contributed by atoms with Gasteiger partial charge in [0.05, 0.1) is 0 Å². The van der Waals surface area contributed by atoms with Gasteiger partial charge in [0.25, 0.3) is 0 Å². The third-order valence-corrected chi connectivity index (χ3v) is 3.37. The number of hydrogen-bond donors (Lipinski definition) is 4. The fourth-order valence-corrected chi connectivity index (χ4v) is 2.20. The summed E-state index contributed by atoms with van der Waals surface area (Å²) in [7, 11) is 0. The van der Waals surface area contributed by atoms with Crippen LogP contribution in [0.4, 0.5) is 0 Å². The van der Waals surface area contributed by atoms with E-state index in [1.807, 2.05) is 18.7 Å². The van der Waals surface area contributed by atoms with Gasteiger partial charge in [-0.15, -0.1) is 24.0 Å². The number of aliphatic hydroxyl groups is 4. The number of halogens is 2. The molecule has 1 unspecified atom stereocenters. The average molecular weight is 320 g/mol. The lowest BCUT2D eigenvalue weighted by atomic mass is 9.98. The molecule has 5 atom stereocenters. The highest BCUT2D eigenvalue weighted by Crippen LogP contribution is 2.21. The van der Waals surface area contributed by atoms with E-state index in [0.29, 0.717) is 19.0 Å². The van der Waals surface area contributed by atoms with Crippen LogP contribution in [0, 0.1) is 0 Å². The fourth-order valence-electron chi connectivity index (χ4n) is 1.98. The Labute approximate surface area is 124 Å². The Morgan fingerprint density at radius 2 is 1.68 bits per heavy atom. The van der Waals surface area contributed by atoms with Gasteiger partial charge in [0.1, 0.15) is 24.4 Å². The second-order valence-electron chi connectivity index (χ2n) is 4.81. The van der Waals surface area contributed by atoms with Crippen LogP contribution in [0.15, 0.2) is 0 Å². The van der Waals surface area contributed by atoms with Crippen LogP contribution in [-0.2, 0) is 4.74 Å². The van der Waals surface area contributed by atoms with Gasteiger partial charge < -0.3 is 25.2 Å². The Morgan fingerprint density at radius 1 is 1.11 bits per heavy atom. The third-order valence-electron chi connectivity index (χ3n) is 3.20. The first-order valence-corrected chi connectivity index (χ1v) is 6.59. The molecule has 0 spiro atoms. The van der Waals surface area contributed by atoms with E-state index in [4.69, 9.17) is 16.3 Å². The minimum Gasteiger partial charge on any atom is -0.388 e. The first-order chi connectivity index (χ1) is 8.38. The van der Waals surface area contributed by atoms with Crippen LogP contribution in [0.1, 0.15) is 13.8 Å². The van der Waals surface area contributed by atoms with Crippen LogP contribution in [0.5, 0.6) is 0 Å². The minimum atomic E-state index is -1.49. The summed E-state index contributed by atoms with van der Waals surface area (Å²) in [5.41, 5.74) is 0. The van der Waals surface area contributed by atoms with Gasteiger partial charge in [-0.1, -0.05) is 0 Å². The summed E-state index contributed by atoms with van der Waals surface area (Å²) in [5.74, 6) is 0.439. The highest BCUT2D eigenvalue weighted by atomic mass is 35.5. The lowest BCUT2D eigenvalue weighted by Gasteiger charge is -2.41. The van der Waals surface area contributed by atoms with Crippen molar-refractivity contribution >= 4 is 24.0 Å². The zero-order valence-corrected chi connectivity index (χ0v) is 12.6. The normalized spacial score (nSPS) is 35.5. The number of ether oxygens (including phenoxy) is 1. The monoisotopic (exact) mass is 319 g/mol. The van der Waals surface area contributed by atoms with E-state index >= 15 is 0 Å². The van der Waals surface area contributed by atoms with Gasteiger partial charge in [0.15, 0.2) is 6.29 Å². The molecule has 0 saturated carbocycles. The van der Waals surface area contributed by atoms with Crippen molar-refractivity contribution in [3.8, 4) is 0 Å². The molecule has 0 amide bonds. The molecule has 0 aliphatic carbocycles. The molecule has 1 fully saturated rings. The van der Waals surface area contributed by atoms with E-state index in [0.717, 1.165) is 0 Å². The Morgan fingerprint density at radius 3 is 2.16 bits per heavy atom. The molecule has 4 N–H and O–H groups in total. The van der Waals surface area contributed by atoms with Crippen LogP contribution in [0.3, 0.4) is 0 Å². The van der Waals surface area contributed by atoms with Crippen LogP contribution < -0.4 is 0 Å². The van der Waals surface area contributed by atoms with E-state index in [1.165, 1.54) is 0 Å². The Hall–Kier alpha value is 0.340. The molecule has 1 saturated heterocycles. The van der Waals surface area contributed by atoms with E-state index in [2.05, 4.69) is 0 Å². The molecule has 116 valence electrons. The first kappa shape index (κ1) is 19.3. The molecule has 6 nitrogen and oxygen atoms in total. The van der Waals surface area contributed by atoms with Gasteiger partial charge in [-0.3, -0.25) is 4.90 Å². The molecule has 0 aromatic carbocycles. The zero-order chi connectivity index (χ0) is 13.9. The van der Waals surface area contributed by atoms with Crippen molar-refractivity contribution in [3.05, 3.63) is 0 Å². The Kier molecular flexibility index (Phi) is 8.74. The second-order valence-corrected chi connectivity index (χ2v) is 5.19. The SMILES string of the molecule is CC(C)N(CCCl)C[C@H]1OC(O)[C@H](O)[C@@H](O)[C@@H]1O.Cl. The second kappa shape index (κ2) is 8.59. The third kappa shape index (κ3) is 4.99. The lowest BCUT2D eigenvalue weighted by molar-refractivity contribution is -0.284. The molecule has 8 heteroatoms. The number of aliphatic hydroxyl groups excluding tert-OH is 4. The summed E-state index contributed by atoms with van der Waals surface area (Å²) in [6.07, 6.45) is -6.39. The topological polar surface area (TPSA) is 93.4 Å². The van der Waals surface area contributed by atoms with Gasteiger partial charge >= 0.3 is 0 Å². The van der Waals surface area contributed by atoms with Crippen LogP contribution in [-0.4, -0.2) is 81.0 Å². The van der Waals surface area contributed by atoms with E-state index < -0.39 is 30.7 Å². The maximum atomic E-state index is 9.82. The molecular formula is C11H23Cl2NO5. The number of alkyl halides is 1. The molecule has 0 bridgehead atoms. The number of nitrogens with zero attached hydrogens (tertiary/aromatic N) is 1. The summed E-state index contributed by atoms with van der Waals surface area (Å²) in [6.45, 7) is 4.89.